The Kier molecular flexibility index (Phi) is 11.5. The zero-order valence-electron chi connectivity index (χ0n) is 31.5. The highest BCUT2D eigenvalue weighted by molar-refractivity contribution is 6.30. The molecule has 18 heteroatoms. The summed E-state index contributed by atoms with van der Waals surface area (Å²) in [5, 5.41) is 21.2. The van der Waals surface area contributed by atoms with Crippen LogP contribution in [0.2, 0.25) is 10.0 Å². The van der Waals surface area contributed by atoms with E-state index in [4.69, 9.17) is 34.0 Å². The average molecular weight is 833 g/mol. The van der Waals surface area contributed by atoms with Crippen LogP contribution in [-0.2, 0) is 0 Å². The Morgan fingerprint density at radius 1 is 0.678 bits per heavy atom. The summed E-state index contributed by atoms with van der Waals surface area (Å²) in [6, 6.07) is 22.1. The number of fused-ring (bicyclic) bond motifs is 2. The lowest BCUT2D eigenvalue weighted by molar-refractivity contribution is 0.0689. The molecule has 2 fully saturated rings. The first-order valence-corrected chi connectivity index (χ1v) is 19.6. The number of amides is 1. The van der Waals surface area contributed by atoms with Crippen molar-refractivity contribution in [3.63, 3.8) is 0 Å². The summed E-state index contributed by atoms with van der Waals surface area (Å²) in [5.74, 6) is 1.36. The van der Waals surface area contributed by atoms with Crippen molar-refractivity contribution in [2.24, 2.45) is 5.73 Å². The number of carboxylic acid groups (broad SMARTS) is 1. The summed E-state index contributed by atoms with van der Waals surface area (Å²) in [4.78, 5) is 40.9. The number of pyridine rings is 1. The van der Waals surface area contributed by atoms with Crippen LogP contribution in [0, 0.1) is 0 Å². The van der Waals surface area contributed by atoms with E-state index in [1.165, 1.54) is 10.7 Å². The van der Waals surface area contributed by atoms with Crippen LogP contribution in [0.1, 0.15) is 33.8 Å². The predicted octanol–water partition coefficient (Wildman–Crippen LogP) is 5.67. The smallest absolute Gasteiger partial charge is 0.356 e. The van der Waals surface area contributed by atoms with E-state index in [2.05, 4.69) is 50.7 Å². The number of hydrogen-bond acceptors (Lipinski definition) is 10. The van der Waals surface area contributed by atoms with Crippen LogP contribution in [0.15, 0.2) is 129 Å². The number of carboxylic acids is 1. The first-order chi connectivity index (χ1) is 28.7. The maximum atomic E-state index is 12.6. The van der Waals surface area contributed by atoms with Crippen molar-refractivity contribution in [3.05, 3.63) is 150 Å². The molecule has 9 heterocycles. The Morgan fingerprint density at radius 3 is 1.90 bits per heavy atom. The normalized spacial score (nSPS) is 16.1. The number of carbonyl (C=O) groups excluding carboxylic acids is 1. The Bertz CT molecular complexity index is 2690. The molecular weight excluding hydrogens is 793 g/mol. The van der Waals surface area contributed by atoms with Gasteiger partial charge >= 0.3 is 5.97 Å². The van der Waals surface area contributed by atoms with Crippen LogP contribution in [0.25, 0.3) is 22.5 Å². The van der Waals surface area contributed by atoms with E-state index >= 15 is 0 Å². The Labute approximate surface area is 348 Å². The van der Waals surface area contributed by atoms with Crippen LogP contribution in [0.4, 0.5) is 11.6 Å². The molecule has 2 atom stereocenters. The second kappa shape index (κ2) is 17.4. The lowest BCUT2D eigenvalue weighted by Gasteiger charge is -2.18. The van der Waals surface area contributed by atoms with Gasteiger partial charge in [-0.1, -0.05) is 23.2 Å². The number of benzene rings is 1. The molecule has 10 rings (SSSR count). The molecule has 1 aromatic carbocycles. The standard InChI is InChI=1S/C20H18ClN7O.C11H14N4.C10H7ClN2O2/c21-14-3-4-18(23-12-14)28-10-6-16(25-28)20(29)24-15-5-9-27(13-15)19-17-2-1-8-26(17)11-7-22-19;12-9-3-6-15(8-9)11-10-2-1-5-14(10)7-4-13-11;11-7-1-3-8(4-2-7)13-6-5-9(12-13)10(14)15/h1-4,6-8,10-12,15H,5,9,13H2,(H,24,29);1-2,4-5,7,9H,3,6,8,12H2;1-6H,(H,14,15)/t15-;9-;/m00./s1. The minimum Gasteiger partial charge on any atom is -0.476 e. The highest BCUT2D eigenvalue weighted by Gasteiger charge is 2.27. The van der Waals surface area contributed by atoms with Crippen molar-refractivity contribution < 1.29 is 14.7 Å². The van der Waals surface area contributed by atoms with Crippen LogP contribution in [-0.4, -0.2) is 98.6 Å². The lowest BCUT2D eigenvalue weighted by Crippen LogP contribution is -2.37. The molecule has 59 heavy (non-hydrogen) atoms. The summed E-state index contributed by atoms with van der Waals surface area (Å²) in [6.07, 6.45) is 18.3. The summed E-state index contributed by atoms with van der Waals surface area (Å²) < 4.78 is 7.18. The summed E-state index contributed by atoms with van der Waals surface area (Å²) in [7, 11) is 0. The van der Waals surface area contributed by atoms with Crippen molar-refractivity contribution >= 4 is 57.7 Å². The molecule has 0 aliphatic carbocycles. The van der Waals surface area contributed by atoms with E-state index in [0.29, 0.717) is 34.1 Å². The van der Waals surface area contributed by atoms with E-state index < -0.39 is 5.97 Å². The molecule has 4 N–H and O–H groups in total. The third kappa shape index (κ3) is 9.04. The number of carbonyl (C=O) groups is 2. The molecule has 0 radical (unpaired) electrons. The van der Waals surface area contributed by atoms with Gasteiger partial charge in [0.2, 0.25) is 0 Å². The summed E-state index contributed by atoms with van der Waals surface area (Å²) in [6.45, 7) is 3.48. The summed E-state index contributed by atoms with van der Waals surface area (Å²) in [5.41, 5.74) is 9.27. The second-order valence-corrected chi connectivity index (χ2v) is 14.8. The van der Waals surface area contributed by atoms with Gasteiger partial charge in [0.1, 0.15) is 0 Å². The molecular formula is C41H39Cl2N13O3. The van der Waals surface area contributed by atoms with Gasteiger partial charge in [0.25, 0.3) is 5.91 Å². The number of rotatable bonds is 7. The van der Waals surface area contributed by atoms with Crippen LogP contribution in [0.5, 0.6) is 0 Å². The maximum absolute atomic E-state index is 12.6. The zero-order valence-corrected chi connectivity index (χ0v) is 33.0. The fourth-order valence-corrected chi connectivity index (χ4v) is 7.20. The first kappa shape index (κ1) is 39.1. The molecule has 8 aromatic rings. The second-order valence-electron chi connectivity index (χ2n) is 13.9. The monoisotopic (exact) mass is 831 g/mol. The fourth-order valence-electron chi connectivity index (χ4n) is 6.96. The highest BCUT2D eigenvalue weighted by atomic mass is 35.5. The minimum absolute atomic E-state index is 0.0185. The van der Waals surface area contributed by atoms with E-state index in [-0.39, 0.29) is 17.6 Å². The van der Waals surface area contributed by atoms with Crippen molar-refractivity contribution in [3.8, 4) is 11.5 Å². The van der Waals surface area contributed by atoms with Crippen molar-refractivity contribution in [2.75, 3.05) is 36.0 Å². The van der Waals surface area contributed by atoms with Crippen LogP contribution >= 0.6 is 23.2 Å². The maximum Gasteiger partial charge on any atom is 0.356 e. The first-order valence-electron chi connectivity index (χ1n) is 18.8. The Hall–Kier alpha value is -6.75. The van der Waals surface area contributed by atoms with E-state index in [1.54, 1.807) is 71.9 Å². The van der Waals surface area contributed by atoms with Gasteiger partial charge in [-0.15, -0.1) is 0 Å². The molecule has 0 spiro atoms. The topological polar surface area (TPSA) is 182 Å². The Morgan fingerprint density at radius 2 is 1.29 bits per heavy atom. The number of hydrogen-bond donors (Lipinski definition) is 3. The van der Waals surface area contributed by atoms with Crippen molar-refractivity contribution in [2.45, 2.75) is 24.9 Å². The van der Waals surface area contributed by atoms with Gasteiger partial charge in [0.05, 0.1) is 21.7 Å². The van der Waals surface area contributed by atoms with Gasteiger partial charge in [-0.3, -0.25) is 4.79 Å². The van der Waals surface area contributed by atoms with Crippen molar-refractivity contribution in [1.82, 2.24) is 48.6 Å². The molecule has 0 unspecified atom stereocenters. The van der Waals surface area contributed by atoms with Gasteiger partial charge in [-0.2, -0.15) is 10.2 Å². The summed E-state index contributed by atoms with van der Waals surface area (Å²) >= 11 is 11.6. The number of nitrogens with two attached hydrogens (primary N) is 1. The molecule has 0 bridgehead atoms. The quantitative estimate of drug-likeness (QED) is 0.180. The van der Waals surface area contributed by atoms with Gasteiger partial charge in [-0.25, -0.2) is 29.1 Å². The van der Waals surface area contributed by atoms with E-state index in [0.717, 1.165) is 60.8 Å². The molecule has 1 amide bonds. The van der Waals surface area contributed by atoms with Crippen LogP contribution in [0.3, 0.4) is 0 Å². The molecule has 16 nitrogen and oxygen atoms in total. The Balaban J connectivity index is 0.000000136. The lowest BCUT2D eigenvalue weighted by atomic mass is 10.2. The molecule has 0 saturated carbocycles. The van der Waals surface area contributed by atoms with Gasteiger partial charge in [0.15, 0.2) is 28.8 Å². The SMILES string of the molecule is N[C@H]1CCN(c2nccn3cccc23)C1.O=C(N[C@H]1CCN(c2nccn3cccc23)C1)c1ccn(-c2ccc(Cl)cn2)n1.O=C(O)c1ccn(-c2ccc(Cl)cc2)n1. The minimum atomic E-state index is -1.04. The van der Waals surface area contributed by atoms with E-state index in [9.17, 15) is 9.59 Å². The molecule has 2 aliphatic rings. The zero-order chi connectivity index (χ0) is 40.9. The molecule has 2 aliphatic heterocycles. The molecule has 7 aromatic heterocycles. The number of nitrogens with zero attached hydrogens (tertiary/aromatic N) is 11. The third-order valence-corrected chi connectivity index (χ3v) is 10.4. The van der Waals surface area contributed by atoms with Gasteiger partial charge in [0, 0.05) is 99.1 Å². The average Bonchev–Trinajstić information content (AvgIpc) is 4.10. The van der Waals surface area contributed by atoms with Crippen molar-refractivity contribution in [1.29, 1.82) is 0 Å². The molecule has 300 valence electrons. The third-order valence-electron chi connectivity index (χ3n) is 9.88. The number of nitrogens with one attached hydrogen (secondary N) is 1. The predicted molar refractivity (Wildman–Crippen MR) is 225 cm³/mol. The highest BCUT2D eigenvalue weighted by Crippen LogP contribution is 2.24. The molecule has 2 saturated heterocycles. The van der Waals surface area contributed by atoms with E-state index in [1.807, 2.05) is 53.6 Å². The number of anilines is 2. The van der Waals surface area contributed by atoms with Gasteiger partial charge in [-0.05, 0) is 85.6 Å². The van der Waals surface area contributed by atoms with Gasteiger partial charge < -0.3 is 34.8 Å². The van der Waals surface area contributed by atoms with Crippen LogP contribution < -0.4 is 20.9 Å². The largest absolute Gasteiger partial charge is 0.476 e. The number of aromatic carboxylic acids is 1. The number of halogens is 2. The number of aromatic nitrogens is 9. The fraction of sp³-hybridized carbons (Fsp3) is 0.195.